The number of aromatic carboxylic acids is 1. The van der Waals surface area contributed by atoms with Crippen molar-refractivity contribution in [3.8, 4) is 0 Å². The third-order valence-corrected chi connectivity index (χ3v) is 3.44. The monoisotopic (exact) mass is 278 g/mol. The molecular formula is C16H26N2O2. The highest BCUT2D eigenvalue weighted by atomic mass is 16.4. The van der Waals surface area contributed by atoms with Crippen LogP contribution in [0.3, 0.4) is 0 Å². The highest BCUT2D eigenvalue weighted by Gasteiger charge is 2.22. The van der Waals surface area contributed by atoms with E-state index < -0.39 is 5.97 Å². The van der Waals surface area contributed by atoms with Gasteiger partial charge in [0.1, 0.15) is 11.4 Å². The SMILES string of the molecule is CCCCCN(c1nc(C)cc(C)c1C(=O)O)C(C)C. The molecule has 0 atom stereocenters. The fraction of sp³-hybridized carbons (Fsp3) is 0.625. The van der Waals surface area contributed by atoms with Crippen molar-refractivity contribution in [2.75, 3.05) is 11.4 Å². The molecule has 20 heavy (non-hydrogen) atoms. The summed E-state index contributed by atoms with van der Waals surface area (Å²) in [5, 5.41) is 9.47. The van der Waals surface area contributed by atoms with E-state index in [1.165, 1.54) is 0 Å². The normalized spacial score (nSPS) is 10.9. The first-order chi connectivity index (χ1) is 9.38. The Morgan fingerprint density at radius 1 is 1.35 bits per heavy atom. The van der Waals surface area contributed by atoms with Gasteiger partial charge in [-0.15, -0.1) is 0 Å². The maximum atomic E-state index is 11.5. The molecule has 4 nitrogen and oxygen atoms in total. The second-order valence-electron chi connectivity index (χ2n) is 5.58. The topological polar surface area (TPSA) is 53.4 Å². The lowest BCUT2D eigenvalue weighted by molar-refractivity contribution is 0.0696. The summed E-state index contributed by atoms with van der Waals surface area (Å²) in [5.74, 6) is -0.285. The predicted octanol–water partition coefficient (Wildman–Crippen LogP) is 3.80. The number of hydrogen-bond donors (Lipinski definition) is 1. The first-order valence-corrected chi connectivity index (χ1v) is 7.36. The Bertz CT molecular complexity index is 470. The van der Waals surface area contributed by atoms with Gasteiger partial charge in [0.15, 0.2) is 0 Å². The Morgan fingerprint density at radius 3 is 2.50 bits per heavy atom. The molecule has 0 amide bonds. The summed E-state index contributed by atoms with van der Waals surface area (Å²) in [4.78, 5) is 18.2. The van der Waals surface area contributed by atoms with Gasteiger partial charge >= 0.3 is 5.97 Å². The molecule has 0 aliphatic heterocycles. The highest BCUT2D eigenvalue weighted by Crippen LogP contribution is 2.25. The number of carbonyl (C=O) groups is 1. The molecule has 1 rings (SSSR count). The Labute approximate surface area is 121 Å². The van der Waals surface area contributed by atoms with E-state index in [4.69, 9.17) is 0 Å². The molecule has 0 saturated carbocycles. The lowest BCUT2D eigenvalue weighted by Gasteiger charge is -2.30. The smallest absolute Gasteiger partial charge is 0.339 e. The minimum atomic E-state index is -0.897. The van der Waals surface area contributed by atoms with Crippen LogP contribution in [0.5, 0.6) is 0 Å². The van der Waals surface area contributed by atoms with Gasteiger partial charge in [0.25, 0.3) is 0 Å². The number of unbranched alkanes of at least 4 members (excludes halogenated alkanes) is 2. The highest BCUT2D eigenvalue weighted by molar-refractivity contribution is 5.95. The third kappa shape index (κ3) is 3.95. The van der Waals surface area contributed by atoms with Crippen LogP contribution in [0.1, 0.15) is 61.6 Å². The molecule has 0 bridgehead atoms. The van der Waals surface area contributed by atoms with E-state index >= 15 is 0 Å². The van der Waals surface area contributed by atoms with Gasteiger partial charge in [-0.25, -0.2) is 9.78 Å². The van der Waals surface area contributed by atoms with Crippen molar-refractivity contribution >= 4 is 11.8 Å². The maximum absolute atomic E-state index is 11.5. The number of carboxylic acids is 1. The number of pyridine rings is 1. The van der Waals surface area contributed by atoms with E-state index in [2.05, 4.69) is 30.7 Å². The molecule has 1 aromatic heterocycles. The molecule has 0 aliphatic carbocycles. The molecule has 1 aromatic rings. The number of aryl methyl sites for hydroxylation is 2. The Balaban J connectivity index is 3.21. The van der Waals surface area contributed by atoms with Gasteiger partial charge in [-0.1, -0.05) is 19.8 Å². The van der Waals surface area contributed by atoms with E-state index in [0.29, 0.717) is 11.4 Å². The van der Waals surface area contributed by atoms with Crippen molar-refractivity contribution in [3.63, 3.8) is 0 Å². The van der Waals surface area contributed by atoms with E-state index in [9.17, 15) is 9.90 Å². The lowest BCUT2D eigenvalue weighted by atomic mass is 10.1. The quantitative estimate of drug-likeness (QED) is 0.771. The molecule has 0 aromatic carbocycles. The minimum absolute atomic E-state index is 0.235. The van der Waals surface area contributed by atoms with E-state index in [1.807, 2.05) is 19.9 Å². The molecule has 0 unspecified atom stereocenters. The van der Waals surface area contributed by atoms with Crippen molar-refractivity contribution in [2.24, 2.45) is 0 Å². The summed E-state index contributed by atoms with van der Waals surface area (Å²) >= 11 is 0. The van der Waals surface area contributed by atoms with E-state index in [-0.39, 0.29) is 6.04 Å². The van der Waals surface area contributed by atoms with Gasteiger partial charge < -0.3 is 10.0 Å². The average molecular weight is 278 g/mol. The standard InChI is InChI=1S/C16H26N2O2/c1-6-7-8-9-18(11(2)3)15-14(16(19)20)12(4)10-13(5)17-15/h10-11H,6-9H2,1-5H3,(H,19,20). The molecule has 1 heterocycles. The molecule has 0 radical (unpaired) electrons. The zero-order valence-electron chi connectivity index (χ0n) is 13.2. The van der Waals surface area contributed by atoms with E-state index in [0.717, 1.165) is 37.1 Å². The molecule has 0 fully saturated rings. The number of rotatable bonds is 7. The zero-order valence-corrected chi connectivity index (χ0v) is 13.2. The summed E-state index contributed by atoms with van der Waals surface area (Å²) in [6, 6.07) is 2.07. The van der Waals surface area contributed by atoms with Crippen LogP contribution < -0.4 is 4.90 Å². The summed E-state index contributed by atoms with van der Waals surface area (Å²) in [5.41, 5.74) is 1.98. The summed E-state index contributed by atoms with van der Waals surface area (Å²) in [6.07, 6.45) is 3.36. The van der Waals surface area contributed by atoms with Crippen LogP contribution in [0.4, 0.5) is 5.82 Å². The molecule has 1 N–H and O–H groups in total. The molecule has 4 heteroatoms. The predicted molar refractivity (Wildman–Crippen MR) is 82.7 cm³/mol. The van der Waals surface area contributed by atoms with Crippen LogP contribution in [0.15, 0.2) is 6.07 Å². The third-order valence-electron chi connectivity index (χ3n) is 3.44. The van der Waals surface area contributed by atoms with Crippen LogP contribution >= 0.6 is 0 Å². The van der Waals surface area contributed by atoms with Crippen LogP contribution in [0.25, 0.3) is 0 Å². The summed E-state index contributed by atoms with van der Waals surface area (Å²) in [6.45, 7) is 10.9. The summed E-state index contributed by atoms with van der Waals surface area (Å²) < 4.78 is 0. The van der Waals surface area contributed by atoms with Crippen LogP contribution in [-0.4, -0.2) is 28.6 Å². The molecule has 0 saturated heterocycles. The van der Waals surface area contributed by atoms with Crippen molar-refractivity contribution < 1.29 is 9.90 Å². The lowest BCUT2D eigenvalue weighted by Crippen LogP contribution is -2.34. The second-order valence-corrected chi connectivity index (χ2v) is 5.58. The number of carboxylic acid groups (broad SMARTS) is 1. The maximum Gasteiger partial charge on any atom is 0.339 e. The number of hydrogen-bond acceptors (Lipinski definition) is 3. The van der Waals surface area contributed by atoms with Gasteiger partial charge in [-0.2, -0.15) is 0 Å². The first-order valence-electron chi connectivity index (χ1n) is 7.36. The second kappa shape index (κ2) is 7.27. The van der Waals surface area contributed by atoms with Crippen molar-refractivity contribution in [3.05, 3.63) is 22.9 Å². The fourth-order valence-corrected chi connectivity index (χ4v) is 2.43. The Kier molecular flexibility index (Phi) is 5.99. The minimum Gasteiger partial charge on any atom is -0.478 e. The van der Waals surface area contributed by atoms with Crippen molar-refractivity contribution in [1.82, 2.24) is 4.98 Å². The number of anilines is 1. The van der Waals surface area contributed by atoms with Crippen molar-refractivity contribution in [2.45, 2.75) is 59.9 Å². The average Bonchev–Trinajstić information content (AvgIpc) is 2.32. The van der Waals surface area contributed by atoms with Crippen LogP contribution in [0.2, 0.25) is 0 Å². The van der Waals surface area contributed by atoms with Gasteiger partial charge in [-0.3, -0.25) is 0 Å². The Morgan fingerprint density at radius 2 is 2.00 bits per heavy atom. The van der Waals surface area contributed by atoms with Gasteiger partial charge in [0.05, 0.1) is 0 Å². The fourth-order valence-electron chi connectivity index (χ4n) is 2.43. The van der Waals surface area contributed by atoms with Gasteiger partial charge in [0, 0.05) is 18.3 Å². The van der Waals surface area contributed by atoms with Crippen LogP contribution in [-0.2, 0) is 0 Å². The molecule has 112 valence electrons. The van der Waals surface area contributed by atoms with Crippen molar-refractivity contribution in [1.29, 1.82) is 0 Å². The van der Waals surface area contributed by atoms with Crippen LogP contribution in [0, 0.1) is 13.8 Å². The summed E-state index contributed by atoms with van der Waals surface area (Å²) in [7, 11) is 0. The number of aromatic nitrogens is 1. The van der Waals surface area contributed by atoms with Gasteiger partial charge in [0.2, 0.25) is 0 Å². The van der Waals surface area contributed by atoms with E-state index in [1.54, 1.807) is 0 Å². The molecule has 0 spiro atoms. The van der Waals surface area contributed by atoms with Gasteiger partial charge in [-0.05, 0) is 45.7 Å². The number of nitrogens with zero attached hydrogens (tertiary/aromatic N) is 2. The zero-order chi connectivity index (χ0) is 15.3. The Hall–Kier alpha value is -1.58. The first kappa shape index (κ1) is 16.5. The molecule has 0 aliphatic rings. The molecular weight excluding hydrogens is 252 g/mol. The largest absolute Gasteiger partial charge is 0.478 e.